The van der Waals surface area contributed by atoms with Crippen molar-refractivity contribution in [3.05, 3.63) is 32.9 Å². The molecule has 2 N–H and O–H groups in total. The monoisotopic (exact) mass is 338 g/mol. The zero-order valence-corrected chi connectivity index (χ0v) is 12.4. The fourth-order valence-corrected chi connectivity index (χ4v) is 1.98. The van der Waals surface area contributed by atoms with Crippen molar-refractivity contribution in [1.82, 2.24) is 0 Å². The van der Waals surface area contributed by atoms with E-state index in [4.69, 9.17) is 5.73 Å². The first-order valence-corrected chi connectivity index (χ1v) is 5.99. The van der Waals surface area contributed by atoms with E-state index in [0.717, 1.165) is 15.6 Å². The molecule has 0 saturated heterocycles. The van der Waals surface area contributed by atoms with E-state index in [-0.39, 0.29) is 17.8 Å². The molecule has 0 aliphatic carbocycles. The number of nitrogens with two attached hydrogens (primary N) is 1. The van der Waals surface area contributed by atoms with E-state index >= 15 is 0 Å². The smallest absolute Gasteiger partial charge is 0.0215 e. The van der Waals surface area contributed by atoms with Gasteiger partial charge >= 0.3 is 0 Å². The number of hydrogen-bond donors (Lipinski definition) is 1. The molecule has 0 aliphatic heterocycles. The predicted octanol–water partition coefficient (Wildman–Crippen LogP) is 3.66. The molecule has 1 rings (SSSR count). The molecule has 0 spiro atoms. The van der Waals surface area contributed by atoms with Gasteiger partial charge in [-0.1, -0.05) is 26.8 Å². The lowest BCUT2D eigenvalue weighted by atomic mass is 9.82. The lowest BCUT2D eigenvalue weighted by Gasteiger charge is -2.24. The van der Waals surface area contributed by atoms with Gasteiger partial charge in [0.25, 0.3) is 0 Å². The van der Waals surface area contributed by atoms with Gasteiger partial charge in [-0.2, -0.15) is 0 Å². The summed E-state index contributed by atoms with van der Waals surface area (Å²) in [5, 5.41) is 0. The highest BCUT2D eigenvalue weighted by Crippen LogP contribution is 2.28. The molecular formula is C12H18ClIN. The molecular weight excluding hydrogens is 320 g/mol. The normalized spacial score (nSPS) is 11.0. The van der Waals surface area contributed by atoms with Crippen LogP contribution in [0.2, 0.25) is 0 Å². The van der Waals surface area contributed by atoms with Crippen LogP contribution in [0.1, 0.15) is 38.3 Å². The summed E-state index contributed by atoms with van der Waals surface area (Å²) in [6.45, 7) is 7.31. The number of rotatable bonds is 3. The molecule has 15 heavy (non-hydrogen) atoms. The van der Waals surface area contributed by atoms with E-state index in [2.05, 4.69) is 61.6 Å². The van der Waals surface area contributed by atoms with E-state index in [0.29, 0.717) is 6.54 Å². The van der Waals surface area contributed by atoms with Gasteiger partial charge in [-0.3, -0.25) is 0 Å². The van der Waals surface area contributed by atoms with Crippen LogP contribution in [0.4, 0.5) is 0 Å². The maximum Gasteiger partial charge on any atom is 0.0215 e. The molecule has 0 aliphatic rings. The third-order valence-corrected chi connectivity index (χ3v) is 3.36. The fourth-order valence-electron chi connectivity index (χ4n) is 1.30. The van der Waals surface area contributed by atoms with Crippen molar-refractivity contribution in [3.8, 4) is 0 Å². The molecule has 0 saturated carbocycles. The third-order valence-electron chi connectivity index (χ3n) is 2.78. The maximum absolute atomic E-state index is 5.64. The third kappa shape index (κ3) is 3.93. The van der Waals surface area contributed by atoms with Gasteiger partial charge in [0.15, 0.2) is 0 Å². The lowest BCUT2D eigenvalue weighted by Crippen LogP contribution is -2.16. The standard InChI is InChI=1S/C12H17IN.ClH/c1-4-12(2,3)10-5-9(8-14)6-11(13)7-10;/h5,7H,4,8,14H2,1-3H3;1H. The Hall–Kier alpha value is 0.200. The number of benzene rings is 1. The van der Waals surface area contributed by atoms with Gasteiger partial charge in [-0.05, 0) is 51.6 Å². The largest absolute Gasteiger partial charge is 0.326 e. The highest BCUT2D eigenvalue weighted by atomic mass is 127. The molecule has 0 aromatic heterocycles. The Balaban J connectivity index is 0.00000196. The molecule has 1 radical (unpaired) electrons. The van der Waals surface area contributed by atoms with Crippen LogP contribution in [0.3, 0.4) is 0 Å². The van der Waals surface area contributed by atoms with Gasteiger partial charge in [0.2, 0.25) is 0 Å². The second-order valence-electron chi connectivity index (χ2n) is 4.18. The van der Waals surface area contributed by atoms with Crippen molar-refractivity contribution < 1.29 is 0 Å². The molecule has 85 valence electrons. The minimum Gasteiger partial charge on any atom is -0.326 e. The van der Waals surface area contributed by atoms with Crippen LogP contribution >= 0.6 is 35.0 Å². The van der Waals surface area contributed by atoms with Crippen LogP contribution in [0.15, 0.2) is 12.1 Å². The Morgan fingerprint density at radius 2 is 2.00 bits per heavy atom. The molecule has 0 fully saturated rings. The number of hydrogen-bond acceptors (Lipinski definition) is 1. The molecule has 0 unspecified atom stereocenters. The quantitative estimate of drug-likeness (QED) is 0.836. The van der Waals surface area contributed by atoms with Crippen molar-refractivity contribution in [2.75, 3.05) is 0 Å². The van der Waals surface area contributed by atoms with Crippen LogP contribution in [0.5, 0.6) is 0 Å². The summed E-state index contributed by atoms with van der Waals surface area (Å²) in [4.78, 5) is 0. The minimum atomic E-state index is 0. The van der Waals surface area contributed by atoms with E-state index in [1.54, 1.807) is 0 Å². The van der Waals surface area contributed by atoms with Crippen LogP contribution in [-0.4, -0.2) is 0 Å². The van der Waals surface area contributed by atoms with Gasteiger partial charge in [-0.25, -0.2) is 0 Å². The molecule has 0 heterocycles. The highest BCUT2D eigenvalue weighted by molar-refractivity contribution is 14.1. The Kier molecular flexibility index (Phi) is 6.14. The highest BCUT2D eigenvalue weighted by Gasteiger charge is 2.18. The van der Waals surface area contributed by atoms with E-state index in [1.165, 1.54) is 5.56 Å². The number of halogens is 2. The first-order chi connectivity index (χ1) is 6.49. The maximum atomic E-state index is 5.64. The van der Waals surface area contributed by atoms with Gasteiger partial charge in [0, 0.05) is 16.2 Å². The SMILES string of the molecule is CCC(C)(C)c1cc(I)[c]c(CN)c1.Cl. The van der Waals surface area contributed by atoms with E-state index < -0.39 is 0 Å². The molecule has 1 nitrogen and oxygen atoms in total. The Labute approximate surface area is 112 Å². The van der Waals surface area contributed by atoms with Crippen LogP contribution in [-0.2, 0) is 12.0 Å². The first-order valence-electron chi connectivity index (χ1n) is 4.92. The Morgan fingerprint density at radius 3 is 2.47 bits per heavy atom. The summed E-state index contributed by atoms with van der Waals surface area (Å²) < 4.78 is 1.15. The predicted molar refractivity (Wildman–Crippen MR) is 76.5 cm³/mol. The summed E-state index contributed by atoms with van der Waals surface area (Å²) >= 11 is 2.30. The Morgan fingerprint density at radius 1 is 1.40 bits per heavy atom. The molecule has 0 bridgehead atoms. The zero-order valence-electron chi connectivity index (χ0n) is 9.43. The summed E-state index contributed by atoms with van der Waals surface area (Å²) in [5.41, 5.74) is 8.34. The average Bonchev–Trinajstić information content (AvgIpc) is 2.16. The van der Waals surface area contributed by atoms with Crippen LogP contribution < -0.4 is 5.73 Å². The van der Waals surface area contributed by atoms with Crippen molar-refractivity contribution in [1.29, 1.82) is 0 Å². The molecule has 0 atom stereocenters. The van der Waals surface area contributed by atoms with E-state index in [1.807, 2.05) is 0 Å². The van der Waals surface area contributed by atoms with Crippen LogP contribution in [0, 0.1) is 9.64 Å². The Bertz CT molecular complexity index is 323. The van der Waals surface area contributed by atoms with Gasteiger partial charge in [0.05, 0.1) is 0 Å². The fraction of sp³-hybridized carbons (Fsp3) is 0.500. The van der Waals surface area contributed by atoms with Crippen LogP contribution in [0.25, 0.3) is 0 Å². The molecule has 1 aromatic carbocycles. The van der Waals surface area contributed by atoms with Gasteiger partial charge < -0.3 is 5.73 Å². The second kappa shape index (κ2) is 6.06. The van der Waals surface area contributed by atoms with Gasteiger partial charge in [0.1, 0.15) is 0 Å². The summed E-state index contributed by atoms with van der Waals surface area (Å²) in [6.07, 6.45) is 1.14. The van der Waals surface area contributed by atoms with Crippen molar-refractivity contribution in [2.45, 2.75) is 39.2 Å². The van der Waals surface area contributed by atoms with Gasteiger partial charge in [-0.15, -0.1) is 12.4 Å². The average molecular weight is 339 g/mol. The minimum absolute atomic E-state index is 0. The molecule has 0 amide bonds. The molecule has 1 aromatic rings. The van der Waals surface area contributed by atoms with Crippen molar-refractivity contribution >= 4 is 35.0 Å². The summed E-state index contributed by atoms with van der Waals surface area (Å²) in [5.74, 6) is 0. The van der Waals surface area contributed by atoms with Crippen molar-refractivity contribution in [2.24, 2.45) is 5.73 Å². The zero-order chi connectivity index (χ0) is 10.8. The molecule has 3 heteroatoms. The second-order valence-corrected chi connectivity index (χ2v) is 5.35. The van der Waals surface area contributed by atoms with Crippen molar-refractivity contribution in [3.63, 3.8) is 0 Å². The summed E-state index contributed by atoms with van der Waals surface area (Å²) in [7, 11) is 0. The summed E-state index contributed by atoms with van der Waals surface area (Å²) in [6, 6.07) is 7.63. The first kappa shape index (κ1) is 15.2. The topological polar surface area (TPSA) is 26.0 Å². The lowest BCUT2D eigenvalue weighted by molar-refractivity contribution is 0.505. The van der Waals surface area contributed by atoms with E-state index in [9.17, 15) is 0 Å².